The van der Waals surface area contributed by atoms with Gasteiger partial charge in [0.2, 0.25) is 0 Å². The van der Waals surface area contributed by atoms with Gasteiger partial charge in [-0.1, -0.05) is 35.5 Å². The van der Waals surface area contributed by atoms with E-state index in [4.69, 9.17) is 9.57 Å². The minimum absolute atomic E-state index is 0.582. The lowest BCUT2D eigenvalue weighted by molar-refractivity contribution is 0.0783. The molecule has 0 amide bonds. The van der Waals surface area contributed by atoms with E-state index >= 15 is 0 Å². The molecule has 0 spiro atoms. The van der Waals surface area contributed by atoms with Gasteiger partial charge in [0.1, 0.15) is 12.9 Å². The standard InChI is InChI=1S/C13H20N2O2/c1-15(2)12-14-17-10-6-9-16-11-13-7-4-3-5-8-13/h3-5,7-8,12H,6,9-11H2,1-2H3. The van der Waals surface area contributed by atoms with Gasteiger partial charge in [-0.05, 0) is 5.56 Å². The highest BCUT2D eigenvalue weighted by molar-refractivity contribution is 5.52. The first-order valence-electron chi connectivity index (χ1n) is 5.72. The van der Waals surface area contributed by atoms with Gasteiger partial charge in [0.25, 0.3) is 0 Å². The van der Waals surface area contributed by atoms with Gasteiger partial charge in [-0.2, -0.15) is 0 Å². The molecule has 0 aliphatic heterocycles. The van der Waals surface area contributed by atoms with Crippen molar-refractivity contribution in [3.8, 4) is 0 Å². The highest BCUT2D eigenvalue weighted by Crippen LogP contribution is 2.00. The number of nitrogens with zero attached hydrogens (tertiary/aromatic N) is 2. The van der Waals surface area contributed by atoms with Gasteiger partial charge < -0.3 is 14.5 Å². The molecule has 1 aromatic carbocycles. The Kier molecular flexibility index (Phi) is 6.82. The van der Waals surface area contributed by atoms with Gasteiger partial charge in [0.05, 0.1) is 13.2 Å². The number of rotatable bonds is 8. The molecule has 4 heteroatoms. The zero-order chi connectivity index (χ0) is 12.3. The fourth-order valence-corrected chi connectivity index (χ4v) is 1.17. The Labute approximate surface area is 103 Å². The smallest absolute Gasteiger partial charge is 0.130 e. The molecule has 1 rings (SSSR count). The van der Waals surface area contributed by atoms with Crippen LogP contribution in [0.1, 0.15) is 12.0 Å². The minimum atomic E-state index is 0.582. The van der Waals surface area contributed by atoms with E-state index in [0.29, 0.717) is 19.8 Å². The SMILES string of the molecule is CN(C)C=NOCCCOCc1ccccc1. The maximum Gasteiger partial charge on any atom is 0.130 e. The summed E-state index contributed by atoms with van der Waals surface area (Å²) in [6.45, 7) is 1.92. The molecule has 0 unspecified atom stereocenters. The molecule has 4 nitrogen and oxygen atoms in total. The lowest BCUT2D eigenvalue weighted by Gasteiger charge is -2.04. The molecule has 17 heavy (non-hydrogen) atoms. The van der Waals surface area contributed by atoms with Crippen LogP contribution in [0.4, 0.5) is 0 Å². The van der Waals surface area contributed by atoms with Gasteiger partial charge in [0, 0.05) is 20.5 Å². The third-order valence-corrected chi connectivity index (χ3v) is 1.99. The average molecular weight is 236 g/mol. The Hall–Kier alpha value is -1.55. The number of oxime groups is 1. The van der Waals surface area contributed by atoms with Crippen LogP contribution in [0.5, 0.6) is 0 Å². The summed E-state index contributed by atoms with van der Waals surface area (Å²) in [7, 11) is 3.80. The van der Waals surface area contributed by atoms with E-state index in [2.05, 4.69) is 17.3 Å². The second-order valence-corrected chi connectivity index (χ2v) is 3.91. The lowest BCUT2D eigenvalue weighted by atomic mass is 10.2. The van der Waals surface area contributed by atoms with Crippen molar-refractivity contribution in [2.24, 2.45) is 5.16 Å². The Balaban J connectivity index is 1.95. The summed E-state index contributed by atoms with van der Waals surface area (Å²) in [6.07, 6.45) is 2.47. The van der Waals surface area contributed by atoms with Crippen molar-refractivity contribution in [3.63, 3.8) is 0 Å². The molecule has 0 heterocycles. The van der Waals surface area contributed by atoms with Crippen molar-refractivity contribution in [2.45, 2.75) is 13.0 Å². The quantitative estimate of drug-likeness (QED) is 0.300. The number of ether oxygens (including phenoxy) is 1. The van der Waals surface area contributed by atoms with E-state index in [-0.39, 0.29) is 0 Å². The van der Waals surface area contributed by atoms with Gasteiger partial charge in [-0.25, -0.2) is 0 Å². The first-order chi connectivity index (χ1) is 8.29. The molecule has 0 aliphatic rings. The Morgan fingerprint density at radius 1 is 1.18 bits per heavy atom. The molecule has 0 saturated carbocycles. The molecule has 0 bridgehead atoms. The first kappa shape index (κ1) is 13.5. The summed E-state index contributed by atoms with van der Waals surface area (Å²) >= 11 is 0. The summed E-state index contributed by atoms with van der Waals surface area (Å²) in [6, 6.07) is 10.1. The van der Waals surface area contributed by atoms with Crippen molar-refractivity contribution in [2.75, 3.05) is 27.3 Å². The summed E-state index contributed by atoms with van der Waals surface area (Å²) in [5, 5.41) is 3.77. The average Bonchev–Trinajstić information content (AvgIpc) is 2.33. The van der Waals surface area contributed by atoms with E-state index < -0.39 is 0 Å². The topological polar surface area (TPSA) is 34.1 Å². The highest BCUT2D eigenvalue weighted by Gasteiger charge is 1.92. The van der Waals surface area contributed by atoms with Crippen molar-refractivity contribution in [3.05, 3.63) is 35.9 Å². The molecule has 0 saturated heterocycles. The Morgan fingerprint density at radius 3 is 2.65 bits per heavy atom. The maximum absolute atomic E-state index is 5.51. The van der Waals surface area contributed by atoms with Crippen molar-refractivity contribution >= 4 is 6.34 Å². The third kappa shape index (κ3) is 7.36. The molecule has 0 aliphatic carbocycles. The molecule has 1 aromatic rings. The minimum Gasteiger partial charge on any atom is -0.395 e. The number of hydrogen-bond acceptors (Lipinski definition) is 3. The van der Waals surface area contributed by atoms with Crippen molar-refractivity contribution in [1.29, 1.82) is 0 Å². The molecular weight excluding hydrogens is 216 g/mol. The largest absolute Gasteiger partial charge is 0.395 e. The normalized spacial score (nSPS) is 10.7. The van der Waals surface area contributed by atoms with Gasteiger partial charge >= 0.3 is 0 Å². The van der Waals surface area contributed by atoms with Gasteiger partial charge in [-0.15, -0.1) is 0 Å². The molecule has 0 radical (unpaired) electrons. The molecule has 0 fully saturated rings. The van der Waals surface area contributed by atoms with Crippen molar-refractivity contribution in [1.82, 2.24) is 4.90 Å². The third-order valence-electron chi connectivity index (χ3n) is 1.99. The fraction of sp³-hybridized carbons (Fsp3) is 0.462. The predicted octanol–water partition coefficient (Wildman–Crippen LogP) is 2.11. The summed E-state index contributed by atoms with van der Waals surface area (Å²) < 4.78 is 5.51. The number of benzene rings is 1. The highest BCUT2D eigenvalue weighted by atomic mass is 16.6. The molecule has 0 atom stereocenters. The van der Waals surface area contributed by atoms with Crippen molar-refractivity contribution < 1.29 is 9.57 Å². The van der Waals surface area contributed by atoms with E-state index in [1.807, 2.05) is 37.2 Å². The molecule has 0 aromatic heterocycles. The van der Waals surface area contributed by atoms with Crippen LogP contribution in [0.15, 0.2) is 35.5 Å². The van der Waals surface area contributed by atoms with E-state index in [1.54, 1.807) is 6.34 Å². The van der Waals surface area contributed by atoms with E-state index in [9.17, 15) is 0 Å². The van der Waals surface area contributed by atoms with Crippen LogP contribution in [0.3, 0.4) is 0 Å². The van der Waals surface area contributed by atoms with Gasteiger partial charge in [0.15, 0.2) is 0 Å². The molecular formula is C13H20N2O2. The number of hydrogen-bond donors (Lipinski definition) is 0. The summed E-state index contributed by atoms with van der Waals surface area (Å²) in [5.41, 5.74) is 1.19. The van der Waals surface area contributed by atoms with Crippen LogP contribution >= 0.6 is 0 Å². The second-order valence-electron chi connectivity index (χ2n) is 3.91. The zero-order valence-electron chi connectivity index (χ0n) is 10.5. The first-order valence-corrected chi connectivity index (χ1v) is 5.72. The monoisotopic (exact) mass is 236 g/mol. The van der Waals surface area contributed by atoms with E-state index in [1.165, 1.54) is 5.56 Å². The molecule has 94 valence electrons. The van der Waals surface area contributed by atoms with Crippen LogP contribution in [0.2, 0.25) is 0 Å². The Bertz CT molecular complexity index is 312. The predicted molar refractivity (Wildman–Crippen MR) is 68.8 cm³/mol. The zero-order valence-corrected chi connectivity index (χ0v) is 10.5. The van der Waals surface area contributed by atoms with Crippen LogP contribution in [0.25, 0.3) is 0 Å². The van der Waals surface area contributed by atoms with Crippen LogP contribution < -0.4 is 0 Å². The molecule has 0 N–H and O–H groups in total. The van der Waals surface area contributed by atoms with E-state index in [0.717, 1.165) is 6.42 Å². The second kappa shape index (κ2) is 8.58. The fourth-order valence-electron chi connectivity index (χ4n) is 1.17. The summed E-state index contributed by atoms with van der Waals surface area (Å²) in [4.78, 5) is 6.87. The van der Waals surface area contributed by atoms with Crippen LogP contribution in [-0.4, -0.2) is 38.5 Å². The maximum atomic E-state index is 5.51. The summed E-state index contributed by atoms with van der Waals surface area (Å²) in [5.74, 6) is 0. The van der Waals surface area contributed by atoms with Gasteiger partial charge in [-0.3, -0.25) is 0 Å². The van der Waals surface area contributed by atoms with Crippen LogP contribution in [0, 0.1) is 0 Å². The Morgan fingerprint density at radius 2 is 1.94 bits per heavy atom. The lowest BCUT2D eigenvalue weighted by Crippen LogP contribution is -2.08. The van der Waals surface area contributed by atoms with Crippen LogP contribution in [-0.2, 0) is 16.2 Å².